The summed E-state index contributed by atoms with van der Waals surface area (Å²) in [7, 11) is 0. The maximum absolute atomic E-state index is 6.19. The Hall–Kier alpha value is -5.42. The van der Waals surface area contributed by atoms with Crippen LogP contribution in [-0.2, 0) is 0 Å². The van der Waals surface area contributed by atoms with Crippen molar-refractivity contribution in [3.05, 3.63) is 128 Å². The largest absolute Gasteiger partial charge is 0.454 e. The van der Waals surface area contributed by atoms with Crippen molar-refractivity contribution >= 4 is 60.9 Å². The second-order valence-corrected chi connectivity index (χ2v) is 9.56. The number of hydrogen-bond acceptors (Lipinski definition) is 5. The number of hydrogen-bond donors (Lipinski definition) is 0. The van der Waals surface area contributed by atoms with Gasteiger partial charge in [0, 0.05) is 63.1 Å². The normalized spacial score (nSPS) is 11.6. The summed E-state index contributed by atoms with van der Waals surface area (Å²) < 4.78 is 12.4. The second-order valence-electron chi connectivity index (χ2n) is 9.56. The van der Waals surface area contributed by atoms with Crippen LogP contribution in [-0.4, -0.2) is 9.97 Å². The molecule has 0 bridgehead atoms. The van der Waals surface area contributed by atoms with Crippen LogP contribution in [0.5, 0.6) is 0 Å². The Bertz CT molecular complexity index is 2010. The SMILES string of the molecule is c1ccc(-c2ccc(N(c3ccc4c(c3)oc3cnccc34)c3ccc4c(c3)oc3cnccc34)cc2)cc1. The summed E-state index contributed by atoms with van der Waals surface area (Å²) in [6, 6.07) is 35.7. The van der Waals surface area contributed by atoms with Crippen LogP contribution in [0.15, 0.2) is 137 Å². The van der Waals surface area contributed by atoms with Crippen LogP contribution in [0.25, 0.3) is 55.0 Å². The summed E-state index contributed by atoms with van der Waals surface area (Å²) in [4.78, 5) is 10.7. The van der Waals surface area contributed by atoms with Crippen LogP contribution in [0.1, 0.15) is 0 Å². The Morgan fingerprint density at radius 3 is 1.49 bits per heavy atom. The monoisotopic (exact) mass is 503 g/mol. The van der Waals surface area contributed by atoms with E-state index < -0.39 is 0 Å². The number of rotatable bonds is 4. The molecule has 0 amide bonds. The summed E-state index contributed by atoms with van der Waals surface area (Å²) in [6.45, 7) is 0. The molecule has 0 saturated carbocycles. The maximum Gasteiger partial charge on any atom is 0.153 e. The highest BCUT2D eigenvalue weighted by Crippen LogP contribution is 2.41. The smallest absolute Gasteiger partial charge is 0.153 e. The first-order chi connectivity index (χ1) is 19.3. The zero-order valence-electron chi connectivity index (χ0n) is 20.8. The van der Waals surface area contributed by atoms with Crippen molar-refractivity contribution in [3.8, 4) is 11.1 Å². The fraction of sp³-hybridized carbons (Fsp3) is 0. The third-order valence-corrected chi connectivity index (χ3v) is 7.27. The quantitative estimate of drug-likeness (QED) is 0.239. The van der Waals surface area contributed by atoms with Gasteiger partial charge in [-0.3, -0.25) is 9.97 Å². The van der Waals surface area contributed by atoms with Gasteiger partial charge in [0.2, 0.25) is 0 Å². The molecule has 0 aliphatic heterocycles. The lowest BCUT2D eigenvalue weighted by atomic mass is 10.0. The van der Waals surface area contributed by atoms with Crippen LogP contribution in [0.3, 0.4) is 0 Å². The zero-order chi connectivity index (χ0) is 25.8. The van der Waals surface area contributed by atoms with Gasteiger partial charge in [-0.2, -0.15) is 0 Å². The number of nitrogens with zero attached hydrogens (tertiary/aromatic N) is 3. The van der Waals surface area contributed by atoms with E-state index in [1.165, 1.54) is 11.1 Å². The van der Waals surface area contributed by atoms with E-state index in [9.17, 15) is 0 Å². The average Bonchev–Trinajstić information content (AvgIpc) is 3.56. The molecule has 0 radical (unpaired) electrons. The number of benzene rings is 4. The van der Waals surface area contributed by atoms with Gasteiger partial charge >= 0.3 is 0 Å². The average molecular weight is 504 g/mol. The van der Waals surface area contributed by atoms with Gasteiger partial charge in [0.1, 0.15) is 11.2 Å². The van der Waals surface area contributed by atoms with Crippen molar-refractivity contribution in [2.45, 2.75) is 0 Å². The molecule has 0 N–H and O–H groups in total. The Labute approximate surface area is 223 Å². The molecule has 8 aromatic rings. The van der Waals surface area contributed by atoms with Gasteiger partial charge in [-0.05, 0) is 59.7 Å². The molecule has 5 heteroatoms. The topological polar surface area (TPSA) is 55.3 Å². The number of fused-ring (bicyclic) bond motifs is 6. The molecule has 8 rings (SSSR count). The highest BCUT2D eigenvalue weighted by Gasteiger charge is 2.17. The molecule has 0 fully saturated rings. The van der Waals surface area contributed by atoms with Crippen molar-refractivity contribution in [1.29, 1.82) is 0 Å². The number of pyridine rings is 2. The van der Waals surface area contributed by atoms with Gasteiger partial charge in [-0.15, -0.1) is 0 Å². The molecule has 4 aromatic carbocycles. The van der Waals surface area contributed by atoms with Crippen LogP contribution < -0.4 is 4.90 Å². The Balaban J connectivity index is 1.31. The van der Waals surface area contributed by atoms with E-state index >= 15 is 0 Å². The number of furan rings is 2. The van der Waals surface area contributed by atoms with Gasteiger partial charge in [0.15, 0.2) is 11.2 Å². The highest BCUT2D eigenvalue weighted by atomic mass is 16.3. The van der Waals surface area contributed by atoms with Crippen molar-refractivity contribution in [2.24, 2.45) is 0 Å². The Kier molecular flexibility index (Phi) is 4.76. The molecular weight excluding hydrogens is 482 g/mol. The fourth-order valence-corrected chi connectivity index (χ4v) is 5.40. The van der Waals surface area contributed by atoms with Gasteiger partial charge in [0.25, 0.3) is 0 Å². The maximum atomic E-state index is 6.19. The third-order valence-electron chi connectivity index (χ3n) is 7.27. The molecule has 0 spiro atoms. The number of aromatic nitrogens is 2. The van der Waals surface area contributed by atoms with E-state index in [0.717, 1.165) is 60.9 Å². The molecule has 4 heterocycles. The highest BCUT2D eigenvalue weighted by molar-refractivity contribution is 6.07. The van der Waals surface area contributed by atoms with E-state index in [2.05, 4.69) is 99.8 Å². The molecule has 0 atom stereocenters. The summed E-state index contributed by atoms with van der Waals surface area (Å²) in [5, 5.41) is 4.25. The third kappa shape index (κ3) is 3.55. The van der Waals surface area contributed by atoms with Crippen molar-refractivity contribution in [1.82, 2.24) is 9.97 Å². The molecule has 0 aliphatic carbocycles. The minimum absolute atomic E-state index is 0.778. The molecule has 184 valence electrons. The van der Waals surface area contributed by atoms with Gasteiger partial charge in [-0.1, -0.05) is 42.5 Å². The predicted octanol–water partition coefficient (Wildman–Crippen LogP) is 9.41. The Morgan fingerprint density at radius 1 is 0.436 bits per heavy atom. The van der Waals surface area contributed by atoms with E-state index in [0.29, 0.717) is 0 Å². The van der Waals surface area contributed by atoms with E-state index in [4.69, 9.17) is 8.83 Å². The zero-order valence-corrected chi connectivity index (χ0v) is 20.8. The molecule has 4 aromatic heterocycles. The first-order valence-electron chi connectivity index (χ1n) is 12.8. The second kappa shape index (κ2) is 8.57. The van der Waals surface area contributed by atoms with Crippen LogP contribution >= 0.6 is 0 Å². The lowest BCUT2D eigenvalue weighted by Crippen LogP contribution is -2.09. The van der Waals surface area contributed by atoms with Crippen molar-refractivity contribution in [2.75, 3.05) is 4.90 Å². The summed E-state index contributed by atoms with van der Waals surface area (Å²) in [6.07, 6.45) is 7.12. The summed E-state index contributed by atoms with van der Waals surface area (Å²) >= 11 is 0. The van der Waals surface area contributed by atoms with E-state index in [-0.39, 0.29) is 0 Å². The molecule has 5 nitrogen and oxygen atoms in total. The van der Waals surface area contributed by atoms with Crippen LogP contribution in [0.2, 0.25) is 0 Å². The first kappa shape index (κ1) is 21.6. The molecule has 39 heavy (non-hydrogen) atoms. The molecular formula is C34H21N3O2. The van der Waals surface area contributed by atoms with Crippen LogP contribution in [0.4, 0.5) is 17.1 Å². The lowest BCUT2D eigenvalue weighted by molar-refractivity contribution is 0.667. The summed E-state index contributed by atoms with van der Waals surface area (Å²) in [5.74, 6) is 0. The summed E-state index contributed by atoms with van der Waals surface area (Å²) in [5.41, 5.74) is 8.54. The van der Waals surface area contributed by atoms with Crippen LogP contribution in [0, 0.1) is 0 Å². The van der Waals surface area contributed by atoms with Gasteiger partial charge in [0.05, 0.1) is 12.4 Å². The van der Waals surface area contributed by atoms with E-state index in [1.54, 1.807) is 24.8 Å². The molecule has 0 saturated heterocycles. The first-order valence-corrected chi connectivity index (χ1v) is 12.8. The van der Waals surface area contributed by atoms with Gasteiger partial charge < -0.3 is 13.7 Å². The standard InChI is InChI=1S/C34H21N3O2/c1-2-4-22(5-3-1)23-6-8-24(9-7-23)37(25-10-12-27-29-14-16-35-20-33(29)38-31(27)18-25)26-11-13-28-30-15-17-36-21-34(30)39-32(28)19-26/h1-21H. The van der Waals surface area contributed by atoms with E-state index in [1.807, 2.05) is 18.2 Å². The minimum Gasteiger partial charge on any atom is -0.454 e. The van der Waals surface area contributed by atoms with Crippen molar-refractivity contribution < 1.29 is 8.83 Å². The predicted molar refractivity (Wildman–Crippen MR) is 157 cm³/mol. The Morgan fingerprint density at radius 2 is 0.923 bits per heavy atom. The minimum atomic E-state index is 0.778. The number of anilines is 3. The fourth-order valence-electron chi connectivity index (χ4n) is 5.40. The molecule has 0 aliphatic rings. The molecule has 0 unspecified atom stereocenters. The lowest BCUT2D eigenvalue weighted by Gasteiger charge is -2.25. The van der Waals surface area contributed by atoms with Crippen molar-refractivity contribution in [3.63, 3.8) is 0 Å². The van der Waals surface area contributed by atoms with Gasteiger partial charge in [-0.25, -0.2) is 0 Å².